The van der Waals surface area contributed by atoms with Crippen LogP contribution in [0.5, 0.6) is 0 Å². The number of hydrogen-bond donors (Lipinski definition) is 9. The van der Waals surface area contributed by atoms with E-state index in [-0.39, 0.29) is 18.9 Å². The van der Waals surface area contributed by atoms with Gasteiger partial charge < -0.3 is 65.1 Å². The summed E-state index contributed by atoms with van der Waals surface area (Å²) in [6.07, 6.45) is 56.7. The first kappa shape index (κ1) is 77.5. The van der Waals surface area contributed by atoms with Gasteiger partial charge in [0.15, 0.2) is 12.6 Å². The van der Waals surface area contributed by atoms with Gasteiger partial charge in [0, 0.05) is 6.42 Å². The normalized spacial score (nSPS) is 24.1. The maximum atomic E-state index is 13.3. The van der Waals surface area contributed by atoms with E-state index in [1.807, 2.05) is 6.08 Å². The maximum absolute atomic E-state index is 13.3. The number of ether oxygens (including phenoxy) is 4. The van der Waals surface area contributed by atoms with Crippen LogP contribution in [0.25, 0.3) is 0 Å². The summed E-state index contributed by atoms with van der Waals surface area (Å²) in [5, 5.41) is 87.3. The van der Waals surface area contributed by atoms with Gasteiger partial charge in [0.2, 0.25) is 5.91 Å². The lowest BCUT2D eigenvalue weighted by molar-refractivity contribution is -0.359. The van der Waals surface area contributed by atoms with Gasteiger partial charge in [0.1, 0.15) is 48.8 Å². The Bertz CT molecular complexity index is 1690. The second-order valence-electron chi connectivity index (χ2n) is 23.9. The van der Waals surface area contributed by atoms with Crippen molar-refractivity contribution < 1.29 is 64.6 Å². The van der Waals surface area contributed by atoms with Crippen molar-refractivity contribution in [2.24, 2.45) is 0 Å². The van der Waals surface area contributed by atoms with E-state index in [1.54, 1.807) is 6.08 Å². The molecule has 2 aliphatic rings. The molecule has 12 atom stereocenters. The summed E-state index contributed by atoms with van der Waals surface area (Å²) in [4.78, 5) is 13.3. The van der Waals surface area contributed by atoms with Gasteiger partial charge in [-0.1, -0.05) is 267 Å². The number of nitrogens with one attached hydrogen (secondary N) is 1. The molecule has 0 spiro atoms. The summed E-state index contributed by atoms with van der Waals surface area (Å²) in [7, 11) is 0. The smallest absolute Gasteiger partial charge is 0.220 e. The Labute approximate surface area is 510 Å². The number of rotatable bonds is 55. The highest BCUT2D eigenvalue weighted by Crippen LogP contribution is 2.30. The number of carbonyl (C=O) groups excluding carboxylic acids is 1. The second kappa shape index (κ2) is 54.6. The van der Waals surface area contributed by atoms with Crippen molar-refractivity contribution in [3.63, 3.8) is 0 Å². The number of aliphatic hydroxyl groups excluding tert-OH is 8. The molecule has 1 amide bonds. The molecule has 2 heterocycles. The zero-order valence-corrected chi connectivity index (χ0v) is 52.9. The van der Waals surface area contributed by atoms with E-state index in [9.17, 15) is 45.6 Å². The Morgan fingerprint density at radius 2 is 0.833 bits per heavy atom. The summed E-state index contributed by atoms with van der Waals surface area (Å²) in [6, 6.07) is -0.941. The minimum Gasteiger partial charge on any atom is -0.394 e. The minimum absolute atomic E-state index is 0.258. The third-order valence-corrected chi connectivity index (χ3v) is 16.4. The van der Waals surface area contributed by atoms with E-state index >= 15 is 0 Å². The van der Waals surface area contributed by atoms with Gasteiger partial charge in [0.05, 0.1) is 32.0 Å². The van der Waals surface area contributed by atoms with Crippen LogP contribution in [0.2, 0.25) is 0 Å². The van der Waals surface area contributed by atoms with E-state index < -0.39 is 86.8 Å². The number of hydrogen-bond acceptors (Lipinski definition) is 13. The molecule has 0 aromatic rings. The molecule has 14 nitrogen and oxygen atoms in total. The molecular weight excluding hydrogens is 1060 g/mol. The summed E-state index contributed by atoms with van der Waals surface area (Å²) in [6.45, 7) is 2.69. The van der Waals surface area contributed by atoms with Gasteiger partial charge in [-0.25, -0.2) is 0 Å². The fourth-order valence-corrected chi connectivity index (χ4v) is 10.9. The molecule has 0 radical (unpaired) electrons. The molecule has 488 valence electrons. The molecule has 2 rings (SSSR count). The molecule has 0 bridgehead atoms. The number of carbonyl (C=O) groups is 1. The first-order valence-corrected chi connectivity index (χ1v) is 34.2. The predicted octanol–water partition coefficient (Wildman–Crippen LogP) is 13.5. The first-order valence-electron chi connectivity index (χ1n) is 34.2. The van der Waals surface area contributed by atoms with Crippen molar-refractivity contribution in [1.82, 2.24) is 5.32 Å². The molecule has 12 unspecified atom stereocenters. The van der Waals surface area contributed by atoms with E-state index in [2.05, 4.69) is 79.9 Å². The monoisotopic (exact) mass is 1190 g/mol. The summed E-state index contributed by atoms with van der Waals surface area (Å²) in [5.74, 6) is -0.258. The van der Waals surface area contributed by atoms with E-state index in [0.717, 1.165) is 70.6 Å². The lowest BCUT2D eigenvalue weighted by Gasteiger charge is -2.46. The standard InChI is InChI=1S/C70H125NO13/c1-3-5-7-9-11-13-15-17-19-21-23-25-26-27-28-29-30-31-32-34-35-37-39-41-43-45-47-49-51-53-59(74)58(57-81-69-67(80)65(78)68(61(56-73)83-69)84-70-66(79)64(77)63(76)60(55-72)82-70)71-62(75)54-52-50-48-46-44-42-40-38-36-33-24-22-20-18-16-14-12-10-8-6-4-2/h6,8,12,14,18,20,24,33,43,45,51,53,58-61,63-70,72-74,76-80H,3-5,7,9-11,13,15-17,19,21-23,25-32,34-42,44,46-50,52,54-57H2,1-2H3,(H,71,75)/b8-6-,14-12-,20-18-,33-24-,45-43+,53-51+. The SMILES string of the molecule is CC/C=C\C/C=C\C/C=C\C/C=C\CCCCCCCCCCC(=O)NC(COC1OC(CO)C(OC2OC(CO)C(O)C(O)C2O)C(O)C1O)C(O)/C=C/CC/C=C/CCCCCCCCCCCCCCCCCCCCCCCCC. The third kappa shape index (κ3) is 38.7. The summed E-state index contributed by atoms with van der Waals surface area (Å²) in [5.41, 5.74) is 0. The van der Waals surface area contributed by atoms with Gasteiger partial charge in [-0.3, -0.25) is 4.79 Å². The molecule has 84 heavy (non-hydrogen) atoms. The van der Waals surface area contributed by atoms with Gasteiger partial charge >= 0.3 is 0 Å². The third-order valence-electron chi connectivity index (χ3n) is 16.4. The van der Waals surface area contributed by atoms with Crippen LogP contribution in [0.4, 0.5) is 0 Å². The van der Waals surface area contributed by atoms with Crippen LogP contribution in [-0.2, 0) is 23.7 Å². The van der Waals surface area contributed by atoms with Crippen LogP contribution in [0.1, 0.15) is 271 Å². The number of amides is 1. The van der Waals surface area contributed by atoms with Gasteiger partial charge in [-0.2, -0.15) is 0 Å². The Kier molecular flexibility index (Phi) is 50.4. The Balaban J connectivity index is 1.71. The van der Waals surface area contributed by atoms with E-state index in [0.29, 0.717) is 12.8 Å². The van der Waals surface area contributed by atoms with Crippen molar-refractivity contribution >= 4 is 5.91 Å². The molecule has 9 N–H and O–H groups in total. The van der Waals surface area contributed by atoms with E-state index in [1.165, 1.54) is 167 Å². The fraction of sp³-hybridized carbons (Fsp3) is 0.814. The molecule has 2 fully saturated rings. The molecule has 14 heteroatoms. The summed E-state index contributed by atoms with van der Waals surface area (Å²) < 4.78 is 22.8. The highest BCUT2D eigenvalue weighted by molar-refractivity contribution is 5.76. The zero-order valence-electron chi connectivity index (χ0n) is 52.9. The van der Waals surface area contributed by atoms with E-state index in [4.69, 9.17) is 18.9 Å². The zero-order chi connectivity index (χ0) is 60.9. The van der Waals surface area contributed by atoms with Crippen molar-refractivity contribution in [1.29, 1.82) is 0 Å². The minimum atomic E-state index is -1.80. The largest absolute Gasteiger partial charge is 0.394 e. The van der Waals surface area contributed by atoms with Crippen molar-refractivity contribution in [3.8, 4) is 0 Å². The Hall–Kier alpha value is -2.57. The van der Waals surface area contributed by atoms with Crippen molar-refractivity contribution in [3.05, 3.63) is 72.9 Å². The molecule has 2 saturated heterocycles. The van der Waals surface area contributed by atoms with Crippen LogP contribution in [0.15, 0.2) is 72.9 Å². The second-order valence-corrected chi connectivity index (χ2v) is 23.9. The van der Waals surface area contributed by atoms with Gasteiger partial charge in [-0.15, -0.1) is 0 Å². The number of unbranched alkanes of at least 4 members (excludes halogenated alkanes) is 32. The number of aliphatic hydroxyl groups is 8. The molecule has 0 saturated carbocycles. The van der Waals surface area contributed by atoms with Crippen molar-refractivity contribution in [2.45, 2.75) is 344 Å². The Morgan fingerprint density at radius 3 is 1.31 bits per heavy atom. The lowest BCUT2D eigenvalue weighted by atomic mass is 9.97. The first-order chi connectivity index (χ1) is 41.1. The van der Waals surface area contributed by atoms with Gasteiger partial charge in [0.25, 0.3) is 0 Å². The van der Waals surface area contributed by atoms with Crippen LogP contribution in [0, 0.1) is 0 Å². The highest BCUT2D eigenvalue weighted by atomic mass is 16.7. The molecule has 2 aliphatic heterocycles. The van der Waals surface area contributed by atoms with Crippen LogP contribution in [-0.4, -0.2) is 140 Å². The van der Waals surface area contributed by atoms with Crippen molar-refractivity contribution in [2.75, 3.05) is 19.8 Å². The average molecular weight is 1190 g/mol. The van der Waals surface area contributed by atoms with Crippen LogP contribution < -0.4 is 5.32 Å². The Morgan fingerprint density at radius 1 is 0.440 bits per heavy atom. The highest BCUT2D eigenvalue weighted by Gasteiger charge is 2.51. The number of allylic oxidation sites excluding steroid dienone is 11. The van der Waals surface area contributed by atoms with Gasteiger partial charge in [-0.05, 0) is 70.6 Å². The molecule has 0 aromatic heterocycles. The molecular formula is C70H125NO13. The van der Waals surface area contributed by atoms with Crippen LogP contribution in [0.3, 0.4) is 0 Å². The fourth-order valence-electron chi connectivity index (χ4n) is 10.9. The maximum Gasteiger partial charge on any atom is 0.220 e. The molecule has 0 aromatic carbocycles. The summed E-state index contributed by atoms with van der Waals surface area (Å²) >= 11 is 0. The topological polar surface area (TPSA) is 228 Å². The molecule has 0 aliphatic carbocycles. The predicted molar refractivity (Wildman–Crippen MR) is 341 cm³/mol. The van der Waals surface area contributed by atoms with Crippen LogP contribution >= 0.6 is 0 Å². The lowest BCUT2D eigenvalue weighted by Crippen LogP contribution is -2.65. The quantitative estimate of drug-likeness (QED) is 0.0204. The average Bonchev–Trinajstić information content (AvgIpc) is 3.18.